The number of rotatable bonds is 12. The fraction of sp³-hybridized carbons (Fsp3) is 0.651. The molecule has 50 heavy (non-hydrogen) atoms. The van der Waals surface area contributed by atoms with E-state index in [0.717, 1.165) is 44.1 Å². The van der Waals surface area contributed by atoms with Crippen LogP contribution in [-0.4, -0.2) is 53.0 Å². The van der Waals surface area contributed by atoms with E-state index in [0.29, 0.717) is 29.2 Å². The Morgan fingerprint density at radius 1 is 0.740 bits per heavy atom. The van der Waals surface area contributed by atoms with E-state index in [4.69, 9.17) is 9.47 Å². The maximum absolute atomic E-state index is 15.3. The summed E-state index contributed by atoms with van der Waals surface area (Å²) in [5.41, 5.74) is -0.0515. The van der Waals surface area contributed by atoms with Crippen molar-refractivity contribution in [2.75, 3.05) is 0 Å². The van der Waals surface area contributed by atoms with E-state index < -0.39 is 37.3 Å². The van der Waals surface area contributed by atoms with E-state index in [2.05, 4.69) is 85.4 Å². The molecule has 0 amide bonds. The Hall–Kier alpha value is -2.21. The Morgan fingerprint density at radius 3 is 1.66 bits per heavy atom. The van der Waals surface area contributed by atoms with Crippen molar-refractivity contribution in [3.63, 3.8) is 0 Å². The first-order valence-corrected chi connectivity index (χ1v) is 24.7. The number of benzene rings is 2. The molecule has 0 aromatic heterocycles. The molecule has 0 bridgehead atoms. The number of carbonyl (C=O) groups excluding carboxylic acids is 3. The third-order valence-electron chi connectivity index (χ3n) is 12.2. The maximum atomic E-state index is 15.3. The molecule has 2 aromatic rings. The molecule has 5 rings (SSSR count). The predicted molar refractivity (Wildman–Crippen MR) is 206 cm³/mol. The first-order valence-electron chi connectivity index (χ1n) is 19.3. The van der Waals surface area contributed by atoms with Gasteiger partial charge in [-0.25, -0.2) is 0 Å². The van der Waals surface area contributed by atoms with Gasteiger partial charge < -0.3 is 0 Å². The van der Waals surface area contributed by atoms with Crippen molar-refractivity contribution < 1.29 is 23.9 Å². The van der Waals surface area contributed by atoms with Crippen LogP contribution in [0.25, 0.3) is 0 Å². The number of Topliss-reactive ketones (excluding diaryl/α,β-unsaturated/α-hetero) is 1. The Morgan fingerprint density at radius 2 is 1.22 bits per heavy atom. The molecule has 0 saturated heterocycles. The molecule has 2 aromatic carbocycles. The third kappa shape index (κ3) is 8.21. The van der Waals surface area contributed by atoms with Crippen molar-refractivity contribution >= 4 is 45.2 Å². The van der Waals surface area contributed by atoms with Crippen LogP contribution in [0.1, 0.15) is 96.0 Å². The van der Waals surface area contributed by atoms with Crippen LogP contribution in [0, 0.1) is 59.7 Å². The Kier molecular flexibility index (Phi) is 12.3. The summed E-state index contributed by atoms with van der Waals surface area (Å²) in [6, 6.07) is 18.0. The molecule has 0 radical (unpaired) electrons. The first-order chi connectivity index (χ1) is 23.5. The standard InChI is InChI=1S/C43H62O5SeSi/c1-26(2)33-22-18-29(6)24-35(33)47-41(45)43(42(46)48-36-25-30(7)19-23-34(36)27(3)4)37(39(44)31-20-16-28(5)17-21-31)38(43)40(50(8,9)10)49-32-14-12-11-13-15-32/h11-17,20-21,26-27,29-30,33-38,40H,18-19,22-25H2,1-10H3/t29-,30-,33+,34+,35-,36-,37+,38-,40-/m1/s1. The zero-order chi connectivity index (χ0) is 36.5. The van der Waals surface area contributed by atoms with Crippen LogP contribution in [-0.2, 0) is 19.1 Å². The minimum atomic E-state index is -2.08. The van der Waals surface area contributed by atoms with Gasteiger partial charge in [0.2, 0.25) is 0 Å². The molecule has 0 spiro atoms. The normalized spacial score (nSPS) is 30.1. The third-order valence-corrected chi connectivity index (χ3v) is 21.6. The number of ketones is 1. The zero-order valence-electron chi connectivity index (χ0n) is 32.2. The van der Waals surface area contributed by atoms with Gasteiger partial charge >= 0.3 is 311 Å². The van der Waals surface area contributed by atoms with Gasteiger partial charge in [0, 0.05) is 0 Å². The van der Waals surface area contributed by atoms with Crippen LogP contribution in [0.15, 0.2) is 54.6 Å². The van der Waals surface area contributed by atoms with Gasteiger partial charge in [0.25, 0.3) is 0 Å². The van der Waals surface area contributed by atoms with Crippen molar-refractivity contribution in [2.24, 2.45) is 52.8 Å². The molecule has 0 unspecified atom stereocenters. The Bertz CT molecular complexity index is 1430. The summed E-state index contributed by atoms with van der Waals surface area (Å²) >= 11 is -0.0653. The summed E-state index contributed by atoms with van der Waals surface area (Å²) < 4.78 is 14.6. The molecular formula is C43H62O5SeSi. The summed E-state index contributed by atoms with van der Waals surface area (Å²) in [6.07, 6.45) is 5.20. The summed E-state index contributed by atoms with van der Waals surface area (Å²) in [6.45, 7) is 22.2. The van der Waals surface area contributed by atoms with E-state index in [1.54, 1.807) is 0 Å². The predicted octanol–water partition coefficient (Wildman–Crippen LogP) is 9.11. The monoisotopic (exact) mass is 766 g/mol. The van der Waals surface area contributed by atoms with E-state index in [9.17, 15) is 4.79 Å². The van der Waals surface area contributed by atoms with Gasteiger partial charge in [0.05, 0.1) is 0 Å². The molecule has 0 heterocycles. The van der Waals surface area contributed by atoms with Crippen molar-refractivity contribution in [2.45, 2.75) is 123 Å². The fourth-order valence-corrected chi connectivity index (χ4v) is 16.3. The van der Waals surface area contributed by atoms with Crippen molar-refractivity contribution in [1.29, 1.82) is 0 Å². The van der Waals surface area contributed by atoms with E-state index >= 15 is 9.59 Å². The Labute approximate surface area is 309 Å². The fourth-order valence-electron chi connectivity index (χ4n) is 9.11. The van der Waals surface area contributed by atoms with Gasteiger partial charge in [-0.05, 0) is 0 Å². The van der Waals surface area contributed by atoms with Gasteiger partial charge in [0.1, 0.15) is 0 Å². The summed E-state index contributed by atoms with van der Waals surface area (Å²) in [5, 5.41) is 0. The molecule has 3 saturated carbocycles. The second kappa shape index (κ2) is 15.8. The summed E-state index contributed by atoms with van der Waals surface area (Å²) in [7, 11) is -2.08. The van der Waals surface area contributed by atoms with Crippen LogP contribution in [0.5, 0.6) is 0 Å². The van der Waals surface area contributed by atoms with Gasteiger partial charge in [-0.3, -0.25) is 0 Å². The summed E-state index contributed by atoms with van der Waals surface area (Å²) in [5.74, 6) is -0.468. The van der Waals surface area contributed by atoms with Crippen molar-refractivity contribution in [1.82, 2.24) is 0 Å². The van der Waals surface area contributed by atoms with E-state index in [1.807, 2.05) is 37.3 Å². The molecular weight excluding hydrogens is 704 g/mol. The van der Waals surface area contributed by atoms with Crippen LogP contribution in [0.4, 0.5) is 0 Å². The SMILES string of the molecule is Cc1ccc(C(=O)[C@@H]2[C@H]([C@H]([Se]c3ccccc3)[Si](C)(C)C)C2(C(=O)O[C@@H]2C[C@H](C)CC[C@H]2C(C)C)C(=O)O[C@@H]2C[C@H](C)CC[C@H]2C(C)C)cc1. The molecule has 3 fully saturated rings. The van der Waals surface area contributed by atoms with Crippen molar-refractivity contribution in [3.8, 4) is 0 Å². The van der Waals surface area contributed by atoms with Gasteiger partial charge in [-0.15, -0.1) is 0 Å². The number of hydrogen-bond donors (Lipinski definition) is 0. The van der Waals surface area contributed by atoms with Gasteiger partial charge in [0.15, 0.2) is 0 Å². The molecule has 7 heteroatoms. The van der Waals surface area contributed by atoms with Crippen LogP contribution in [0.3, 0.4) is 0 Å². The number of carbonyl (C=O) groups is 3. The van der Waals surface area contributed by atoms with E-state index in [1.165, 1.54) is 4.46 Å². The molecule has 5 nitrogen and oxygen atoms in total. The zero-order valence-corrected chi connectivity index (χ0v) is 35.0. The second-order valence-corrected chi connectivity index (χ2v) is 26.7. The number of aryl methyl sites for hydroxylation is 1. The van der Waals surface area contributed by atoms with Crippen LogP contribution in [0.2, 0.25) is 24.1 Å². The number of hydrogen-bond acceptors (Lipinski definition) is 5. The molecule has 0 aliphatic heterocycles. The summed E-state index contributed by atoms with van der Waals surface area (Å²) in [4.78, 5) is 45.4. The Balaban J connectivity index is 1.65. The topological polar surface area (TPSA) is 69.7 Å². The van der Waals surface area contributed by atoms with Gasteiger partial charge in [-0.1, -0.05) is 0 Å². The average molecular weight is 766 g/mol. The van der Waals surface area contributed by atoms with E-state index in [-0.39, 0.29) is 49.2 Å². The number of esters is 2. The molecule has 0 N–H and O–H groups in total. The molecule has 3 aliphatic rings. The molecule has 274 valence electrons. The molecule has 3 aliphatic carbocycles. The van der Waals surface area contributed by atoms with Gasteiger partial charge in [-0.2, -0.15) is 0 Å². The second-order valence-electron chi connectivity index (χ2n) is 17.9. The van der Waals surface area contributed by atoms with Crippen molar-refractivity contribution in [3.05, 3.63) is 65.7 Å². The quantitative estimate of drug-likeness (QED) is 0.0934. The molecule has 9 atom stereocenters. The van der Waals surface area contributed by atoms with Crippen LogP contribution >= 0.6 is 0 Å². The average Bonchev–Trinajstić information content (AvgIpc) is 3.74. The van der Waals surface area contributed by atoms with Crippen LogP contribution < -0.4 is 4.46 Å². The first kappa shape index (κ1) is 39.0. The number of ether oxygens (including phenoxy) is 2. The minimum absolute atomic E-state index is 0.0363.